The molecule has 1 aromatic rings. The van der Waals surface area contributed by atoms with E-state index in [1.807, 2.05) is 12.4 Å². The second-order valence-electron chi connectivity index (χ2n) is 4.61. The first-order chi connectivity index (χ1) is 7.86. The van der Waals surface area contributed by atoms with Gasteiger partial charge in [-0.3, -0.25) is 4.98 Å². The highest BCUT2D eigenvalue weighted by molar-refractivity contribution is 5.09. The molecule has 3 N–H and O–H groups in total. The molecule has 2 unspecified atom stereocenters. The van der Waals surface area contributed by atoms with Crippen LogP contribution in [0, 0.1) is 0 Å². The van der Waals surface area contributed by atoms with Gasteiger partial charge in [-0.1, -0.05) is 12.8 Å². The van der Waals surface area contributed by atoms with Gasteiger partial charge in [0.05, 0.1) is 0 Å². The standard InChI is InChI=1S/C13H21N3/c14-12-3-1-2-4-13(12)16-10-7-11-5-8-15-9-6-11/h5-6,8-9,12-13,16H,1-4,7,10,14H2. The van der Waals surface area contributed by atoms with Crippen molar-refractivity contribution in [2.45, 2.75) is 44.2 Å². The van der Waals surface area contributed by atoms with Crippen LogP contribution in [-0.2, 0) is 6.42 Å². The van der Waals surface area contributed by atoms with Gasteiger partial charge in [-0.25, -0.2) is 0 Å². The average molecular weight is 219 g/mol. The topological polar surface area (TPSA) is 50.9 Å². The van der Waals surface area contributed by atoms with Crippen LogP contribution in [0.5, 0.6) is 0 Å². The number of nitrogens with zero attached hydrogens (tertiary/aromatic N) is 1. The quantitative estimate of drug-likeness (QED) is 0.806. The maximum Gasteiger partial charge on any atom is 0.0270 e. The van der Waals surface area contributed by atoms with E-state index in [9.17, 15) is 0 Å². The number of rotatable bonds is 4. The van der Waals surface area contributed by atoms with Gasteiger partial charge < -0.3 is 11.1 Å². The minimum Gasteiger partial charge on any atom is -0.326 e. The van der Waals surface area contributed by atoms with E-state index in [-0.39, 0.29) is 0 Å². The molecule has 1 saturated carbocycles. The predicted octanol–water partition coefficient (Wildman–Crippen LogP) is 1.48. The van der Waals surface area contributed by atoms with Gasteiger partial charge in [0, 0.05) is 24.5 Å². The van der Waals surface area contributed by atoms with Gasteiger partial charge in [0.25, 0.3) is 0 Å². The van der Waals surface area contributed by atoms with E-state index in [0.717, 1.165) is 13.0 Å². The van der Waals surface area contributed by atoms with Crippen LogP contribution in [0.25, 0.3) is 0 Å². The molecule has 2 rings (SSSR count). The Morgan fingerprint density at radius 3 is 2.75 bits per heavy atom. The van der Waals surface area contributed by atoms with Gasteiger partial charge in [-0.05, 0) is 43.5 Å². The van der Waals surface area contributed by atoms with Gasteiger partial charge >= 0.3 is 0 Å². The second kappa shape index (κ2) is 5.97. The molecule has 0 saturated heterocycles. The second-order valence-corrected chi connectivity index (χ2v) is 4.61. The van der Waals surface area contributed by atoms with Crippen molar-refractivity contribution in [2.24, 2.45) is 5.73 Å². The van der Waals surface area contributed by atoms with Crippen LogP contribution < -0.4 is 11.1 Å². The van der Waals surface area contributed by atoms with E-state index in [4.69, 9.17) is 5.73 Å². The van der Waals surface area contributed by atoms with Crippen molar-refractivity contribution in [2.75, 3.05) is 6.54 Å². The maximum atomic E-state index is 6.09. The van der Waals surface area contributed by atoms with E-state index in [1.165, 1.54) is 31.2 Å². The number of nitrogens with two attached hydrogens (primary N) is 1. The van der Waals surface area contributed by atoms with E-state index in [1.54, 1.807) is 0 Å². The summed E-state index contributed by atoms with van der Waals surface area (Å²) in [5, 5.41) is 3.57. The van der Waals surface area contributed by atoms with E-state index in [2.05, 4.69) is 22.4 Å². The number of pyridine rings is 1. The molecule has 1 aromatic heterocycles. The Morgan fingerprint density at radius 1 is 1.25 bits per heavy atom. The fourth-order valence-corrected chi connectivity index (χ4v) is 2.36. The molecule has 3 heteroatoms. The summed E-state index contributed by atoms with van der Waals surface area (Å²) in [7, 11) is 0. The summed E-state index contributed by atoms with van der Waals surface area (Å²) in [6.45, 7) is 1.02. The molecule has 0 spiro atoms. The Bertz CT molecular complexity index is 299. The Kier molecular flexibility index (Phi) is 4.31. The van der Waals surface area contributed by atoms with Crippen LogP contribution in [-0.4, -0.2) is 23.6 Å². The fourth-order valence-electron chi connectivity index (χ4n) is 2.36. The van der Waals surface area contributed by atoms with Crippen LogP contribution in [0.4, 0.5) is 0 Å². The lowest BCUT2D eigenvalue weighted by Gasteiger charge is -2.29. The van der Waals surface area contributed by atoms with Crippen molar-refractivity contribution in [3.63, 3.8) is 0 Å². The summed E-state index contributed by atoms with van der Waals surface area (Å²) in [5.74, 6) is 0. The van der Waals surface area contributed by atoms with Gasteiger partial charge in [0.15, 0.2) is 0 Å². The van der Waals surface area contributed by atoms with Crippen molar-refractivity contribution in [1.82, 2.24) is 10.3 Å². The highest BCUT2D eigenvalue weighted by atomic mass is 14.9. The summed E-state index contributed by atoms with van der Waals surface area (Å²) < 4.78 is 0. The molecule has 0 aliphatic heterocycles. The summed E-state index contributed by atoms with van der Waals surface area (Å²) in [6.07, 6.45) is 9.78. The van der Waals surface area contributed by atoms with Crippen molar-refractivity contribution >= 4 is 0 Å². The number of nitrogens with one attached hydrogen (secondary N) is 1. The maximum absolute atomic E-state index is 6.09. The first-order valence-corrected chi connectivity index (χ1v) is 6.24. The molecule has 0 bridgehead atoms. The van der Waals surface area contributed by atoms with Gasteiger partial charge in [-0.2, -0.15) is 0 Å². The van der Waals surface area contributed by atoms with Gasteiger partial charge in [0.1, 0.15) is 0 Å². The number of hydrogen-bond acceptors (Lipinski definition) is 3. The van der Waals surface area contributed by atoms with Gasteiger partial charge in [-0.15, -0.1) is 0 Å². The molecule has 1 fully saturated rings. The highest BCUT2D eigenvalue weighted by Gasteiger charge is 2.20. The van der Waals surface area contributed by atoms with Crippen LogP contribution >= 0.6 is 0 Å². The molecule has 1 aliphatic carbocycles. The first-order valence-electron chi connectivity index (χ1n) is 6.24. The predicted molar refractivity (Wildman–Crippen MR) is 66.2 cm³/mol. The molecule has 2 atom stereocenters. The minimum absolute atomic E-state index is 0.353. The summed E-state index contributed by atoms with van der Waals surface area (Å²) in [4.78, 5) is 4.01. The molecule has 0 aromatic carbocycles. The number of hydrogen-bond donors (Lipinski definition) is 2. The van der Waals surface area contributed by atoms with Gasteiger partial charge in [0.2, 0.25) is 0 Å². The fraction of sp³-hybridized carbons (Fsp3) is 0.615. The smallest absolute Gasteiger partial charge is 0.0270 e. The van der Waals surface area contributed by atoms with Crippen LogP contribution in [0.2, 0.25) is 0 Å². The molecule has 88 valence electrons. The molecular formula is C13H21N3. The molecule has 0 radical (unpaired) electrons. The summed E-state index contributed by atoms with van der Waals surface area (Å²) >= 11 is 0. The Balaban J connectivity index is 1.71. The van der Waals surface area contributed by atoms with E-state index < -0.39 is 0 Å². The van der Waals surface area contributed by atoms with Crippen LogP contribution in [0.1, 0.15) is 31.2 Å². The Morgan fingerprint density at radius 2 is 2.00 bits per heavy atom. The molecule has 16 heavy (non-hydrogen) atoms. The largest absolute Gasteiger partial charge is 0.326 e. The van der Waals surface area contributed by atoms with Crippen LogP contribution in [0.15, 0.2) is 24.5 Å². The lowest BCUT2D eigenvalue weighted by atomic mass is 9.91. The van der Waals surface area contributed by atoms with Crippen molar-refractivity contribution < 1.29 is 0 Å². The third kappa shape index (κ3) is 3.29. The van der Waals surface area contributed by atoms with Crippen molar-refractivity contribution in [3.05, 3.63) is 30.1 Å². The van der Waals surface area contributed by atoms with E-state index >= 15 is 0 Å². The lowest BCUT2D eigenvalue weighted by Crippen LogP contribution is -2.47. The Hall–Kier alpha value is -0.930. The molecular weight excluding hydrogens is 198 g/mol. The minimum atomic E-state index is 0.353. The number of aromatic nitrogens is 1. The van der Waals surface area contributed by atoms with Crippen LogP contribution in [0.3, 0.4) is 0 Å². The molecule has 1 aliphatic rings. The molecule has 1 heterocycles. The first kappa shape index (κ1) is 11.6. The van der Waals surface area contributed by atoms with Crippen molar-refractivity contribution in [1.29, 1.82) is 0 Å². The molecule has 0 amide bonds. The third-order valence-electron chi connectivity index (χ3n) is 3.39. The monoisotopic (exact) mass is 219 g/mol. The zero-order valence-corrected chi connectivity index (χ0v) is 9.73. The zero-order valence-electron chi connectivity index (χ0n) is 9.73. The Labute approximate surface area is 97.5 Å². The van der Waals surface area contributed by atoms with Crippen molar-refractivity contribution in [3.8, 4) is 0 Å². The normalized spacial score (nSPS) is 25.6. The highest BCUT2D eigenvalue weighted by Crippen LogP contribution is 2.16. The zero-order chi connectivity index (χ0) is 11.2. The molecule has 3 nitrogen and oxygen atoms in total. The summed E-state index contributed by atoms with van der Waals surface area (Å²) in [6, 6.07) is 5.02. The lowest BCUT2D eigenvalue weighted by molar-refractivity contribution is 0.329. The van der Waals surface area contributed by atoms with E-state index in [0.29, 0.717) is 12.1 Å². The third-order valence-corrected chi connectivity index (χ3v) is 3.39. The SMILES string of the molecule is NC1CCCCC1NCCc1ccncc1. The average Bonchev–Trinajstić information content (AvgIpc) is 2.33. The summed E-state index contributed by atoms with van der Waals surface area (Å²) in [5.41, 5.74) is 7.43.